The number of nitrogens with zero attached hydrogens (tertiary/aromatic N) is 6. The van der Waals surface area contributed by atoms with Crippen molar-refractivity contribution in [3.8, 4) is 5.75 Å². The van der Waals surface area contributed by atoms with Gasteiger partial charge in [0.05, 0.1) is 7.11 Å². The van der Waals surface area contributed by atoms with Crippen LogP contribution in [0.2, 0.25) is 0 Å². The highest BCUT2D eigenvalue weighted by Gasteiger charge is 2.27. The van der Waals surface area contributed by atoms with Gasteiger partial charge in [0.2, 0.25) is 11.9 Å². The second kappa shape index (κ2) is 9.03. The predicted octanol–water partition coefficient (Wildman–Crippen LogP) is 2.64. The van der Waals surface area contributed by atoms with Gasteiger partial charge in [-0.25, -0.2) is 4.98 Å². The van der Waals surface area contributed by atoms with Crippen molar-refractivity contribution in [2.24, 2.45) is 0 Å². The molecule has 0 radical (unpaired) electrons. The van der Waals surface area contributed by atoms with Crippen molar-refractivity contribution in [1.29, 1.82) is 0 Å². The van der Waals surface area contributed by atoms with Gasteiger partial charge in [-0.2, -0.15) is 10.1 Å². The van der Waals surface area contributed by atoms with Crippen LogP contribution in [-0.4, -0.2) is 63.8 Å². The summed E-state index contributed by atoms with van der Waals surface area (Å²) >= 11 is 0. The normalized spacial score (nSPS) is 14.9. The molecule has 2 aromatic heterocycles. The zero-order valence-electron chi connectivity index (χ0n) is 18.0. The number of hydrogen-bond acceptors (Lipinski definition) is 7. The fourth-order valence-corrected chi connectivity index (χ4v) is 3.59. The van der Waals surface area contributed by atoms with Crippen LogP contribution in [-0.2, 0) is 4.79 Å². The maximum atomic E-state index is 12.8. The van der Waals surface area contributed by atoms with E-state index in [4.69, 9.17) is 9.72 Å². The van der Waals surface area contributed by atoms with Crippen LogP contribution < -0.4 is 15.0 Å². The number of methoxy groups -OCH3 is 1. The van der Waals surface area contributed by atoms with Gasteiger partial charge in [-0.15, -0.1) is 0 Å². The molecule has 1 N–H and O–H groups in total. The van der Waals surface area contributed by atoms with Gasteiger partial charge in [0.1, 0.15) is 17.6 Å². The lowest BCUT2D eigenvalue weighted by atomic mass is 10.2. The summed E-state index contributed by atoms with van der Waals surface area (Å²) in [6, 6.07) is 11.1. The Morgan fingerprint density at radius 2 is 1.87 bits per heavy atom. The van der Waals surface area contributed by atoms with Crippen LogP contribution in [0.3, 0.4) is 0 Å². The number of aryl methyl sites for hydroxylation is 1. The first-order valence-corrected chi connectivity index (χ1v) is 10.3. The molecule has 3 heterocycles. The van der Waals surface area contributed by atoms with E-state index in [0.29, 0.717) is 32.1 Å². The number of piperazine rings is 1. The fraction of sp³-hybridized carbons (Fsp3) is 0.364. The van der Waals surface area contributed by atoms with E-state index in [9.17, 15) is 4.79 Å². The Bertz CT molecular complexity index is 1010. The van der Waals surface area contributed by atoms with Gasteiger partial charge in [0, 0.05) is 56.0 Å². The Hall–Kier alpha value is -3.62. The average Bonchev–Trinajstić information content (AvgIpc) is 3.33. The molecule has 0 aliphatic carbocycles. The van der Waals surface area contributed by atoms with Gasteiger partial charge in [0.25, 0.3) is 0 Å². The quantitative estimate of drug-likeness (QED) is 0.655. The highest BCUT2D eigenvalue weighted by molar-refractivity contribution is 5.80. The van der Waals surface area contributed by atoms with Crippen molar-refractivity contribution in [2.75, 3.05) is 43.5 Å². The number of aromatic nitrogens is 4. The van der Waals surface area contributed by atoms with Gasteiger partial charge in [-0.1, -0.05) is 0 Å². The summed E-state index contributed by atoms with van der Waals surface area (Å²) in [5.74, 6) is 2.29. The number of anilines is 3. The van der Waals surface area contributed by atoms with Gasteiger partial charge >= 0.3 is 0 Å². The summed E-state index contributed by atoms with van der Waals surface area (Å²) in [5.41, 5.74) is 1.81. The van der Waals surface area contributed by atoms with Crippen LogP contribution in [0.15, 0.2) is 48.8 Å². The van der Waals surface area contributed by atoms with Crippen molar-refractivity contribution >= 4 is 23.4 Å². The van der Waals surface area contributed by atoms with E-state index >= 15 is 0 Å². The molecule has 162 valence electrons. The maximum absolute atomic E-state index is 12.8. The second-order valence-electron chi connectivity index (χ2n) is 7.52. The van der Waals surface area contributed by atoms with E-state index in [1.165, 1.54) is 0 Å². The van der Waals surface area contributed by atoms with Crippen LogP contribution >= 0.6 is 0 Å². The molecule has 3 aromatic rings. The monoisotopic (exact) mass is 421 g/mol. The molecule has 9 heteroatoms. The molecule has 1 unspecified atom stereocenters. The lowest BCUT2D eigenvalue weighted by molar-refractivity contribution is -0.134. The number of rotatable bonds is 6. The largest absolute Gasteiger partial charge is 0.497 e. The van der Waals surface area contributed by atoms with Gasteiger partial charge in [-0.3, -0.25) is 9.48 Å². The number of amides is 1. The fourth-order valence-electron chi connectivity index (χ4n) is 3.59. The number of hydrogen-bond donors (Lipinski definition) is 1. The van der Waals surface area contributed by atoms with E-state index < -0.39 is 0 Å². The van der Waals surface area contributed by atoms with E-state index in [0.717, 1.165) is 22.9 Å². The zero-order valence-corrected chi connectivity index (χ0v) is 18.0. The molecule has 0 bridgehead atoms. The number of carbonyl (C=O) groups is 1. The highest BCUT2D eigenvalue weighted by atomic mass is 16.5. The van der Waals surface area contributed by atoms with E-state index in [1.54, 1.807) is 18.0 Å². The molecule has 4 rings (SSSR count). The minimum absolute atomic E-state index is 0.0790. The van der Waals surface area contributed by atoms with Crippen LogP contribution in [0.4, 0.5) is 17.5 Å². The van der Waals surface area contributed by atoms with Gasteiger partial charge in [0.15, 0.2) is 0 Å². The van der Waals surface area contributed by atoms with Gasteiger partial charge in [-0.05, 0) is 44.2 Å². The zero-order chi connectivity index (χ0) is 21.8. The van der Waals surface area contributed by atoms with Crippen LogP contribution in [0.25, 0.3) is 0 Å². The molecule has 9 nitrogen and oxygen atoms in total. The van der Waals surface area contributed by atoms with Crippen molar-refractivity contribution in [1.82, 2.24) is 24.6 Å². The molecule has 31 heavy (non-hydrogen) atoms. The lowest BCUT2D eigenvalue weighted by Crippen LogP contribution is -2.50. The topological polar surface area (TPSA) is 88.4 Å². The summed E-state index contributed by atoms with van der Waals surface area (Å²) in [4.78, 5) is 26.1. The Morgan fingerprint density at radius 1 is 1.13 bits per heavy atom. The minimum atomic E-state index is -0.308. The molecular weight excluding hydrogens is 394 g/mol. The summed E-state index contributed by atoms with van der Waals surface area (Å²) in [5, 5.41) is 7.51. The first-order chi connectivity index (χ1) is 15.0. The van der Waals surface area contributed by atoms with Crippen LogP contribution in [0, 0.1) is 6.92 Å². The molecule has 1 atom stereocenters. The van der Waals surface area contributed by atoms with Crippen LogP contribution in [0.1, 0.15) is 18.7 Å². The lowest BCUT2D eigenvalue weighted by Gasteiger charge is -2.36. The number of ether oxygens (including phenoxy) is 1. The smallest absolute Gasteiger partial charge is 0.247 e. The minimum Gasteiger partial charge on any atom is -0.497 e. The maximum Gasteiger partial charge on any atom is 0.247 e. The Kier molecular flexibility index (Phi) is 6.01. The van der Waals surface area contributed by atoms with Crippen molar-refractivity contribution < 1.29 is 9.53 Å². The highest BCUT2D eigenvalue weighted by Crippen LogP contribution is 2.22. The predicted molar refractivity (Wildman–Crippen MR) is 119 cm³/mol. The summed E-state index contributed by atoms with van der Waals surface area (Å²) in [7, 11) is 1.65. The van der Waals surface area contributed by atoms with Crippen molar-refractivity contribution in [3.05, 3.63) is 54.5 Å². The second-order valence-corrected chi connectivity index (χ2v) is 7.52. The van der Waals surface area contributed by atoms with Crippen LogP contribution in [0.5, 0.6) is 5.75 Å². The molecule has 1 saturated heterocycles. The first-order valence-electron chi connectivity index (χ1n) is 10.3. The SMILES string of the molecule is COc1ccc(Nc2cc(C)nc(N3CCN(C(=O)C(C)n4cccn4)CC3)n2)cc1. The van der Waals surface area contributed by atoms with Gasteiger partial charge < -0.3 is 19.9 Å². The molecule has 1 aliphatic rings. The van der Waals surface area contributed by atoms with Crippen molar-refractivity contribution in [2.45, 2.75) is 19.9 Å². The molecule has 0 saturated carbocycles. The molecular formula is C22H27N7O2. The third kappa shape index (κ3) is 4.76. The summed E-state index contributed by atoms with van der Waals surface area (Å²) in [6.07, 6.45) is 3.51. The first kappa shape index (κ1) is 20.6. The van der Waals surface area contributed by atoms with E-state index in [-0.39, 0.29) is 11.9 Å². The Morgan fingerprint density at radius 3 is 2.52 bits per heavy atom. The average molecular weight is 422 g/mol. The Labute approximate surface area is 181 Å². The molecule has 1 aliphatic heterocycles. The molecule has 1 aromatic carbocycles. The summed E-state index contributed by atoms with van der Waals surface area (Å²) < 4.78 is 6.90. The number of nitrogens with one attached hydrogen (secondary N) is 1. The third-order valence-corrected chi connectivity index (χ3v) is 5.36. The number of benzene rings is 1. The molecule has 1 amide bonds. The van der Waals surface area contributed by atoms with E-state index in [1.807, 2.05) is 61.3 Å². The summed E-state index contributed by atoms with van der Waals surface area (Å²) in [6.45, 7) is 6.45. The molecule has 1 fully saturated rings. The van der Waals surface area contributed by atoms with E-state index in [2.05, 4.69) is 20.3 Å². The number of carbonyl (C=O) groups excluding carboxylic acids is 1. The third-order valence-electron chi connectivity index (χ3n) is 5.36. The standard InChI is InChI=1S/C22H27N7O2/c1-16-15-20(25-18-5-7-19(31-3)8-6-18)26-22(24-16)28-13-11-27(12-14-28)21(30)17(2)29-10-4-9-23-29/h4-10,15,17H,11-14H2,1-3H3,(H,24,25,26). The molecule has 0 spiro atoms. The Balaban J connectivity index is 1.40. The van der Waals surface area contributed by atoms with Crippen molar-refractivity contribution in [3.63, 3.8) is 0 Å².